The lowest BCUT2D eigenvalue weighted by Crippen LogP contribution is -2.41. The highest BCUT2D eigenvalue weighted by molar-refractivity contribution is 5.91. The molecule has 1 saturated carbocycles. The molecular formula is C22H34N2. The number of hydrogen-bond acceptors (Lipinski definition) is 2. The van der Waals surface area contributed by atoms with Crippen molar-refractivity contribution in [2.45, 2.75) is 46.5 Å². The molecule has 1 heterocycles. The topological polar surface area (TPSA) is 15.6 Å². The van der Waals surface area contributed by atoms with Gasteiger partial charge in [0, 0.05) is 24.7 Å². The van der Waals surface area contributed by atoms with Crippen LogP contribution in [0.2, 0.25) is 0 Å². The summed E-state index contributed by atoms with van der Waals surface area (Å²) >= 11 is 0. The molecule has 3 unspecified atom stereocenters. The van der Waals surface area contributed by atoms with Gasteiger partial charge in [-0.2, -0.15) is 0 Å². The van der Waals surface area contributed by atoms with Crippen molar-refractivity contribution in [3.63, 3.8) is 0 Å². The number of nitrogens with zero attached hydrogens (tertiary/aromatic N) is 2. The minimum absolute atomic E-state index is 0.508. The molecule has 0 aromatic heterocycles. The lowest BCUT2D eigenvalue weighted by Gasteiger charge is -2.38. The van der Waals surface area contributed by atoms with E-state index in [1.165, 1.54) is 49.2 Å². The minimum Gasteiger partial charge on any atom is -0.306 e. The van der Waals surface area contributed by atoms with E-state index in [4.69, 9.17) is 4.99 Å². The Balaban J connectivity index is 2.00. The van der Waals surface area contributed by atoms with Crippen molar-refractivity contribution in [1.82, 2.24) is 4.90 Å². The number of rotatable bonds is 2. The van der Waals surface area contributed by atoms with E-state index in [1.807, 2.05) is 0 Å². The Kier molecular flexibility index (Phi) is 5.76. The van der Waals surface area contributed by atoms with Crippen molar-refractivity contribution in [3.8, 4) is 0 Å². The molecule has 24 heavy (non-hydrogen) atoms. The van der Waals surface area contributed by atoms with Gasteiger partial charge in [0.25, 0.3) is 0 Å². The van der Waals surface area contributed by atoms with E-state index >= 15 is 0 Å². The summed E-state index contributed by atoms with van der Waals surface area (Å²) in [7, 11) is 2.29. The predicted molar refractivity (Wildman–Crippen MR) is 105 cm³/mol. The van der Waals surface area contributed by atoms with E-state index in [9.17, 15) is 0 Å². The van der Waals surface area contributed by atoms with E-state index in [0.29, 0.717) is 17.8 Å². The Morgan fingerprint density at radius 2 is 1.96 bits per heavy atom. The summed E-state index contributed by atoms with van der Waals surface area (Å²) in [6, 6.07) is 0. The van der Waals surface area contributed by atoms with Crippen LogP contribution in [0.3, 0.4) is 0 Å². The third kappa shape index (κ3) is 4.27. The van der Waals surface area contributed by atoms with Gasteiger partial charge in [0.2, 0.25) is 0 Å². The first kappa shape index (κ1) is 17.7. The predicted octanol–water partition coefficient (Wildman–Crippen LogP) is 4.89. The van der Waals surface area contributed by atoms with Crippen LogP contribution in [0.5, 0.6) is 0 Å². The zero-order valence-electron chi connectivity index (χ0n) is 16.0. The Morgan fingerprint density at radius 3 is 2.71 bits per heavy atom. The molecule has 0 bridgehead atoms. The Labute approximate surface area is 148 Å². The zero-order valence-corrected chi connectivity index (χ0v) is 16.0. The summed E-state index contributed by atoms with van der Waals surface area (Å²) in [5.74, 6) is 2.61. The number of hydrogen-bond donors (Lipinski definition) is 0. The van der Waals surface area contributed by atoms with Crippen LogP contribution in [-0.2, 0) is 0 Å². The molecule has 0 aromatic carbocycles. The molecule has 2 nitrogen and oxygen atoms in total. The van der Waals surface area contributed by atoms with Gasteiger partial charge < -0.3 is 4.90 Å². The van der Waals surface area contributed by atoms with Crippen LogP contribution in [0.25, 0.3) is 0 Å². The molecule has 2 aliphatic carbocycles. The molecule has 3 rings (SSSR count). The summed E-state index contributed by atoms with van der Waals surface area (Å²) in [4.78, 5) is 7.78. The van der Waals surface area contributed by atoms with E-state index in [1.54, 1.807) is 0 Å². The second kappa shape index (κ2) is 7.82. The fourth-order valence-electron chi connectivity index (χ4n) is 4.19. The monoisotopic (exact) mass is 326 g/mol. The molecular weight excluding hydrogens is 292 g/mol. The second-order valence-electron chi connectivity index (χ2n) is 8.29. The zero-order chi connectivity index (χ0) is 17.1. The molecule has 0 N–H and O–H groups in total. The van der Waals surface area contributed by atoms with Gasteiger partial charge in [0.05, 0.1) is 0 Å². The molecule has 132 valence electrons. The Bertz CT molecular complexity index is 563. The number of likely N-dealkylation sites (tertiary alicyclic amines) is 1. The van der Waals surface area contributed by atoms with Gasteiger partial charge in [-0.1, -0.05) is 42.4 Å². The minimum atomic E-state index is 0.508. The van der Waals surface area contributed by atoms with Gasteiger partial charge in [-0.3, -0.25) is 4.99 Å². The average molecular weight is 327 g/mol. The van der Waals surface area contributed by atoms with Crippen molar-refractivity contribution in [1.29, 1.82) is 0 Å². The molecule has 3 aliphatic rings. The van der Waals surface area contributed by atoms with Crippen molar-refractivity contribution < 1.29 is 0 Å². The summed E-state index contributed by atoms with van der Waals surface area (Å²) < 4.78 is 0. The molecule has 3 atom stereocenters. The molecule has 0 radical (unpaired) electrons. The normalized spacial score (nSPS) is 35.7. The van der Waals surface area contributed by atoms with Crippen molar-refractivity contribution in [2.75, 3.05) is 26.7 Å². The van der Waals surface area contributed by atoms with Crippen LogP contribution < -0.4 is 0 Å². The standard InChI is InChI=1S/C22H34N2/c1-16-8-6-5-7-9-20-15-24(4)13-12-17(2)22(21(20)18(16)3)23-14-19-10-11-19/h5-8,17,19-21H,9-15H2,1-4H3/b7-5+,8-6?,18-16?,23-22?. The van der Waals surface area contributed by atoms with Gasteiger partial charge in [-0.05, 0) is 70.9 Å². The quantitative estimate of drug-likeness (QED) is 0.705. The highest BCUT2D eigenvalue weighted by atomic mass is 15.1. The molecule has 0 amide bonds. The second-order valence-corrected chi connectivity index (χ2v) is 8.29. The lowest BCUT2D eigenvalue weighted by atomic mass is 9.74. The van der Waals surface area contributed by atoms with Crippen LogP contribution in [0.1, 0.15) is 46.5 Å². The van der Waals surface area contributed by atoms with Gasteiger partial charge in [-0.25, -0.2) is 0 Å². The van der Waals surface area contributed by atoms with Crippen molar-refractivity contribution >= 4 is 5.71 Å². The maximum Gasteiger partial charge on any atom is 0.0417 e. The summed E-state index contributed by atoms with van der Waals surface area (Å²) in [6.07, 6.45) is 14.2. The maximum absolute atomic E-state index is 5.24. The average Bonchev–Trinajstić information content (AvgIpc) is 3.36. The van der Waals surface area contributed by atoms with Crippen LogP contribution in [0, 0.1) is 23.7 Å². The van der Waals surface area contributed by atoms with Crippen molar-refractivity contribution in [3.05, 3.63) is 35.5 Å². The van der Waals surface area contributed by atoms with E-state index < -0.39 is 0 Å². The Hall–Kier alpha value is -1.15. The molecule has 2 fully saturated rings. The summed E-state index contributed by atoms with van der Waals surface area (Å²) in [5.41, 5.74) is 4.46. The molecule has 0 spiro atoms. The molecule has 1 aliphatic heterocycles. The third-order valence-corrected chi connectivity index (χ3v) is 6.13. The third-order valence-electron chi connectivity index (χ3n) is 6.13. The van der Waals surface area contributed by atoms with Gasteiger partial charge >= 0.3 is 0 Å². The first-order valence-electron chi connectivity index (χ1n) is 9.79. The van der Waals surface area contributed by atoms with E-state index in [-0.39, 0.29) is 0 Å². The number of fused-ring (bicyclic) bond motifs is 1. The van der Waals surface area contributed by atoms with E-state index in [2.05, 4.69) is 57.0 Å². The summed E-state index contributed by atoms with van der Waals surface area (Å²) in [5, 5.41) is 0. The molecule has 1 saturated heterocycles. The fraction of sp³-hybridized carbons (Fsp3) is 0.682. The summed E-state index contributed by atoms with van der Waals surface area (Å²) in [6.45, 7) is 10.5. The lowest BCUT2D eigenvalue weighted by molar-refractivity contribution is 0.235. The first-order valence-corrected chi connectivity index (χ1v) is 9.79. The smallest absolute Gasteiger partial charge is 0.0417 e. The van der Waals surface area contributed by atoms with Gasteiger partial charge in [0.15, 0.2) is 0 Å². The SMILES string of the molecule is CC1=C(C)C2C(=NCC3CC3)C(C)CCN(C)CC2C/C=C/C=C1. The van der Waals surface area contributed by atoms with Gasteiger partial charge in [-0.15, -0.1) is 0 Å². The molecule has 2 heteroatoms. The largest absolute Gasteiger partial charge is 0.306 e. The highest BCUT2D eigenvalue weighted by Crippen LogP contribution is 2.36. The maximum atomic E-state index is 5.24. The van der Waals surface area contributed by atoms with Crippen molar-refractivity contribution in [2.24, 2.45) is 28.7 Å². The van der Waals surface area contributed by atoms with Crippen LogP contribution in [-0.4, -0.2) is 37.3 Å². The van der Waals surface area contributed by atoms with Gasteiger partial charge in [0.1, 0.15) is 0 Å². The fourth-order valence-corrected chi connectivity index (χ4v) is 4.19. The van der Waals surface area contributed by atoms with Crippen LogP contribution in [0.15, 0.2) is 40.4 Å². The van der Waals surface area contributed by atoms with Crippen LogP contribution in [0.4, 0.5) is 0 Å². The molecule has 0 aromatic rings. The highest BCUT2D eigenvalue weighted by Gasteiger charge is 2.34. The first-order chi connectivity index (χ1) is 11.6. The number of aliphatic imine (C=N–C) groups is 1. The Morgan fingerprint density at radius 1 is 1.17 bits per heavy atom. The number of allylic oxidation sites excluding steroid dienone is 6. The van der Waals surface area contributed by atoms with Crippen LogP contribution >= 0.6 is 0 Å². The van der Waals surface area contributed by atoms with E-state index in [0.717, 1.165) is 18.9 Å².